The van der Waals surface area contributed by atoms with E-state index in [1.165, 1.54) is 5.56 Å². The minimum atomic E-state index is -0.393. The van der Waals surface area contributed by atoms with Gasteiger partial charge in [-0.15, -0.1) is 0 Å². The van der Waals surface area contributed by atoms with E-state index in [0.717, 1.165) is 12.2 Å². The van der Waals surface area contributed by atoms with E-state index in [4.69, 9.17) is 4.74 Å². The summed E-state index contributed by atoms with van der Waals surface area (Å²) in [5, 5.41) is 12.3. The molecule has 3 nitrogen and oxygen atoms in total. The summed E-state index contributed by atoms with van der Waals surface area (Å²) in [5.74, 6) is 1.43. The molecule has 0 aromatic heterocycles. The molecule has 1 aromatic rings. The predicted molar refractivity (Wildman–Crippen MR) is 75.2 cm³/mol. The van der Waals surface area contributed by atoms with Crippen LogP contribution in [0.15, 0.2) is 24.3 Å². The second-order valence-electron chi connectivity index (χ2n) is 5.14. The standard InChI is InChI=1S/C15H25NO2/c1-5-12(2)13-6-8-14(9-7-13)18-11-15(3,10-17)16-4/h6-9,12,16-17H,5,10-11H2,1-4H3. The monoisotopic (exact) mass is 251 g/mol. The Morgan fingerprint density at radius 3 is 2.39 bits per heavy atom. The summed E-state index contributed by atoms with van der Waals surface area (Å²) in [7, 11) is 1.83. The summed E-state index contributed by atoms with van der Waals surface area (Å²) in [6.45, 7) is 6.84. The van der Waals surface area contributed by atoms with Crippen LogP contribution in [0.2, 0.25) is 0 Å². The van der Waals surface area contributed by atoms with Gasteiger partial charge in [0, 0.05) is 0 Å². The second-order valence-corrected chi connectivity index (χ2v) is 5.14. The summed E-state index contributed by atoms with van der Waals surface area (Å²) in [6, 6.07) is 8.21. The maximum atomic E-state index is 9.27. The summed E-state index contributed by atoms with van der Waals surface area (Å²) in [5.41, 5.74) is 0.943. The molecule has 2 unspecified atom stereocenters. The number of nitrogens with one attached hydrogen (secondary N) is 1. The smallest absolute Gasteiger partial charge is 0.119 e. The van der Waals surface area contributed by atoms with Crippen molar-refractivity contribution in [3.63, 3.8) is 0 Å². The van der Waals surface area contributed by atoms with Crippen molar-refractivity contribution in [1.82, 2.24) is 5.32 Å². The molecule has 0 spiro atoms. The van der Waals surface area contributed by atoms with Crippen molar-refractivity contribution >= 4 is 0 Å². The highest BCUT2D eigenvalue weighted by Gasteiger charge is 2.21. The summed E-state index contributed by atoms with van der Waals surface area (Å²) < 4.78 is 5.70. The van der Waals surface area contributed by atoms with Gasteiger partial charge in [-0.2, -0.15) is 0 Å². The third-order valence-corrected chi connectivity index (χ3v) is 3.57. The first-order valence-electron chi connectivity index (χ1n) is 6.57. The lowest BCUT2D eigenvalue weighted by Crippen LogP contribution is -2.48. The molecule has 0 fully saturated rings. The van der Waals surface area contributed by atoms with Crippen LogP contribution in [0.5, 0.6) is 5.75 Å². The fraction of sp³-hybridized carbons (Fsp3) is 0.600. The van der Waals surface area contributed by atoms with Gasteiger partial charge < -0.3 is 15.2 Å². The Balaban J connectivity index is 2.59. The molecule has 0 aliphatic rings. The lowest BCUT2D eigenvalue weighted by Gasteiger charge is -2.26. The molecular weight excluding hydrogens is 226 g/mol. The van der Waals surface area contributed by atoms with E-state index < -0.39 is 5.54 Å². The molecule has 0 bridgehead atoms. The van der Waals surface area contributed by atoms with Crippen LogP contribution in [-0.4, -0.2) is 30.9 Å². The number of aliphatic hydroxyl groups is 1. The van der Waals surface area contributed by atoms with Gasteiger partial charge in [0.2, 0.25) is 0 Å². The number of likely N-dealkylation sites (N-methyl/N-ethyl adjacent to an activating group) is 1. The SMILES string of the molecule is CCC(C)c1ccc(OCC(C)(CO)NC)cc1. The fourth-order valence-corrected chi connectivity index (χ4v) is 1.57. The molecule has 2 atom stereocenters. The van der Waals surface area contributed by atoms with Crippen LogP contribution < -0.4 is 10.1 Å². The topological polar surface area (TPSA) is 41.5 Å². The van der Waals surface area contributed by atoms with Gasteiger partial charge in [0.1, 0.15) is 12.4 Å². The van der Waals surface area contributed by atoms with Crippen LogP contribution in [0.25, 0.3) is 0 Å². The van der Waals surface area contributed by atoms with Crippen LogP contribution >= 0.6 is 0 Å². The van der Waals surface area contributed by atoms with E-state index in [9.17, 15) is 5.11 Å². The van der Waals surface area contributed by atoms with E-state index in [-0.39, 0.29) is 6.61 Å². The minimum absolute atomic E-state index is 0.0501. The highest BCUT2D eigenvalue weighted by Crippen LogP contribution is 2.21. The number of hydrogen-bond acceptors (Lipinski definition) is 3. The van der Waals surface area contributed by atoms with Gasteiger partial charge in [0.05, 0.1) is 12.1 Å². The molecule has 0 amide bonds. The Labute approximate surface area is 110 Å². The molecular formula is C15H25NO2. The highest BCUT2D eigenvalue weighted by atomic mass is 16.5. The van der Waals surface area contributed by atoms with Crippen LogP contribution in [0, 0.1) is 0 Å². The van der Waals surface area contributed by atoms with Crippen molar-refractivity contribution in [2.24, 2.45) is 0 Å². The molecule has 2 N–H and O–H groups in total. The van der Waals surface area contributed by atoms with Gasteiger partial charge >= 0.3 is 0 Å². The van der Waals surface area contributed by atoms with E-state index in [1.807, 2.05) is 26.1 Å². The first-order chi connectivity index (χ1) is 8.54. The van der Waals surface area contributed by atoms with E-state index in [2.05, 4.69) is 31.3 Å². The van der Waals surface area contributed by atoms with Gasteiger partial charge in [-0.05, 0) is 44.0 Å². The third kappa shape index (κ3) is 4.00. The lowest BCUT2D eigenvalue weighted by molar-refractivity contribution is 0.122. The van der Waals surface area contributed by atoms with Crippen molar-refractivity contribution in [3.8, 4) is 5.75 Å². The molecule has 1 aromatic carbocycles. The van der Waals surface area contributed by atoms with Gasteiger partial charge in [0.15, 0.2) is 0 Å². The minimum Gasteiger partial charge on any atom is -0.492 e. The molecule has 0 heterocycles. The summed E-state index contributed by atoms with van der Waals surface area (Å²) in [6.07, 6.45) is 1.14. The number of benzene rings is 1. The Hall–Kier alpha value is -1.06. The molecule has 0 radical (unpaired) electrons. The van der Waals surface area contributed by atoms with Crippen LogP contribution in [0.1, 0.15) is 38.7 Å². The number of ether oxygens (including phenoxy) is 1. The molecule has 3 heteroatoms. The number of hydrogen-bond donors (Lipinski definition) is 2. The molecule has 102 valence electrons. The Bertz CT molecular complexity index is 344. The Morgan fingerprint density at radius 2 is 1.94 bits per heavy atom. The average Bonchev–Trinajstić information content (AvgIpc) is 2.44. The van der Waals surface area contributed by atoms with Crippen LogP contribution in [-0.2, 0) is 0 Å². The maximum Gasteiger partial charge on any atom is 0.119 e. The first-order valence-corrected chi connectivity index (χ1v) is 6.57. The van der Waals surface area contributed by atoms with Crippen molar-refractivity contribution in [1.29, 1.82) is 0 Å². The molecule has 0 aliphatic heterocycles. The van der Waals surface area contributed by atoms with Crippen LogP contribution in [0.3, 0.4) is 0 Å². The van der Waals surface area contributed by atoms with E-state index >= 15 is 0 Å². The predicted octanol–water partition coefficient (Wildman–Crippen LogP) is 2.55. The molecule has 0 saturated heterocycles. The summed E-state index contributed by atoms with van der Waals surface area (Å²) in [4.78, 5) is 0. The lowest BCUT2D eigenvalue weighted by atomic mass is 9.99. The van der Waals surface area contributed by atoms with Crippen molar-refractivity contribution in [2.45, 2.75) is 38.6 Å². The van der Waals surface area contributed by atoms with Crippen molar-refractivity contribution in [3.05, 3.63) is 29.8 Å². The Kier molecular flexibility index (Phi) is 5.63. The zero-order chi connectivity index (χ0) is 13.6. The zero-order valence-electron chi connectivity index (χ0n) is 11.9. The van der Waals surface area contributed by atoms with E-state index in [0.29, 0.717) is 12.5 Å². The molecule has 0 aliphatic carbocycles. The van der Waals surface area contributed by atoms with E-state index in [1.54, 1.807) is 0 Å². The van der Waals surface area contributed by atoms with Crippen molar-refractivity contribution < 1.29 is 9.84 Å². The fourth-order valence-electron chi connectivity index (χ4n) is 1.57. The zero-order valence-corrected chi connectivity index (χ0v) is 11.9. The normalized spacial score (nSPS) is 16.1. The second kappa shape index (κ2) is 6.76. The first kappa shape index (κ1) is 15.0. The molecule has 0 saturated carbocycles. The average molecular weight is 251 g/mol. The number of rotatable bonds is 7. The molecule has 1 rings (SSSR count). The van der Waals surface area contributed by atoms with Crippen LogP contribution in [0.4, 0.5) is 0 Å². The Morgan fingerprint density at radius 1 is 1.33 bits per heavy atom. The van der Waals surface area contributed by atoms with Gasteiger partial charge in [0.25, 0.3) is 0 Å². The van der Waals surface area contributed by atoms with Crippen molar-refractivity contribution in [2.75, 3.05) is 20.3 Å². The third-order valence-electron chi connectivity index (χ3n) is 3.57. The number of aliphatic hydroxyl groups excluding tert-OH is 1. The highest BCUT2D eigenvalue weighted by molar-refractivity contribution is 5.29. The summed E-state index contributed by atoms with van der Waals surface area (Å²) >= 11 is 0. The molecule has 18 heavy (non-hydrogen) atoms. The maximum absolute atomic E-state index is 9.27. The van der Waals surface area contributed by atoms with Gasteiger partial charge in [-0.3, -0.25) is 0 Å². The quantitative estimate of drug-likeness (QED) is 0.782. The van der Waals surface area contributed by atoms with Gasteiger partial charge in [-0.1, -0.05) is 26.0 Å². The largest absolute Gasteiger partial charge is 0.492 e. The van der Waals surface area contributed by atoms with Gasteiger partial charge in [-0.25, -0.2) is 0 Å².